The van der Waals surface area contributed by atoms with Crippen molar-refractivity contribution < 1.29 is 38.1 Å². The molecule has 9 nitrogen and oxygen atoms in total. The van der Waals surface area contributed by atoms with E-state index in [1.54, 1.807) is 48.6 Å². The maximum absolute atomic E-state index is 14.4. The van der Waals surface area contributed by atoms with Gasteiger partial charge in [0, 0.05) is 9.49 Å². The van der Waals surface area contributed by atoms with Crippen LogP contribution in [-0.4, -0.2) is 52.7 Å². The number of ether oxygens (including phenoxy) is 2. The van der Waals surface area contributed by atoms with E-state index in [9.17, 15) is 28.7 Å². The molecule has 2 heterocycles. The first kappa shape index (κ1) is 33.6. The number of alkyl halides is 2. The molecule has 13 heteroatoms. The van der Waals surface area contributed by atoms with Gasteiger partial charge in [0.1, 0.15) is 5.82 Å². The van der Waals surface area contributed by atoms with Crippen LogP contribution >= 0.6 is 45.8 Å². The highest BCUT2D eigenvalue weighted by molar-refractivity contribution is 14.1. The molecule has 7 rings (SSSR count). The minimum absolute atomic E-state index is 0.0911. The Morgan fingerprint density at radius 3 is 2.08 bits per heavy atom. The van der Waals surface area contributed by atoms with E-state index in [-0.39, 0.29) is 41.7 Å². The molecule has 2 saturated heterocycles. The van der Waals surface area contributed by atoms with Crippen LogP contribution in [-0.2, 0) is 19.2 Å². The molecule has 2 aliphatic heterocycles. The highest BCUT2D eigenvalue weighted by Crippen LogP contribution is 2.63. The number of rotatable bonds is 6. The third-order valence-electron chi connectivity index (χ3n) is 10.0. The van der Waals surface area contributed by atoms with Crippen molar-refractivity contribution in [3.63, 3.8) is 0 Å². The average Bonchev–Trinajstić information content (AvgIpc) is 3.43. The van der Waals surface area contributed by atoms with Crippen molar-refractivity contribution >= 4 is 86.9 Å². The first-order chi connectivity index (χ1) is 23.3. The maximum Gasteiger partial charge on any atom is 0.258 e. The molecule has 1 N–H and O–H groups in total. The number of nitrogens with zero attached hydrogens (tertiary/aromatic N) is 2. The van der Waals surface area contributed by atoms with E-state index in [4.69, 9.17) is 32.7 Å². The van der Waals surface area contributed by atoms with E-state index < -0.39 is 57.0 Å². The molecule has 252 valence electrons. The Morgan fingerprint density at radius 2 is 1.47 bits per heavy atom. The lowest BCUT2D eigenvalue weighted by molar-refractivity contribution is -0.125. The molecule has 2 aliphatic carbocycles. The minimum atomic E-state index is -2.07. The van der Waals surface area contributed by atoms with Crippen LogP contribution in [0.3, 0.4) is 0 Å². The van der Waals surface area contributed by atoms with Crippen LogP contribution in [0, 0.1) is 33.1 Å². The molecule has 0 aromatic heterocycles. The molecule has 49 heavy (non-hydrogen) atoms. The van der Waals surface area contributed by atoms with Crippen LogP contribution < -0.4 is 19.3 Å². The van der Waals surface area contributed by atoms with Gasteiger partial charge in [0.15, 0.2) is 21.2 Å². The fourth-order valence-electron chi connectivity index (χ4n) is 7.71. The predicted molar refractivity (Wildman–Crippen MR) is 189 cm³/mol. The van der Waals surface area contributed by atoms with Gasteiger partial charge in [-0.25, -0.2) is 9.29 Å². The number of halogens is 4. The van der Waals surface area contributed by atoms with Crippen LogP contribution in [0.2, 0.25) is 0 Å². The minimum Gasteiger partial charge on any atom is -0.502 e. The number of fused-ring (bicyclic) bond motifs is 4. The van der Waals surface area contributed by atoms with E-state index in [1.807, 2.05) is 6.08 Å². The number of imide groups is 2. The normalized spacial score (nSPS) is 29.2. The number of hydrogen-bond acceptors (Lipinski definition) is 7. The van der Waals surface area contributed by atoms with Crippen LogP contribution in [0.25, 0.3) is 6.08 Å². The number of phenolic OH excluding ortho intramolecular Hbond substituents is 1. The highest BCUT2D eigenvalue weighted by Gasteiger charge is 2.76. The summed E-state index contributed by atoms with van der Waals surface area (Å²) in [5, 5.41) is 10.5. The number of phenols is 1. The topological polar surface area (TPSA) is 113 Å². The van der Waals surface area contributed by atoms with Crippen LogP contribution in [0.5, 0.6) is 17.2 Å². The number of methoxy groups -OCH3 is 2. The van der Waals surface area contributed by atoms with Gasteiger partial charge in [-0.15, -0.1) is 23.2 Å². The molecule has 6 unspecified atom stereocenters. The molecule has 4 aliphatic rings. The van der Waals surface area contributed by atoms with Gasteiger partial charge in [-0.05, 0) is 108 Å². The third kappa shape index (κ3) is 4.90. The third-order valence-corrected chi connectivity index (χ3v) is 12.2. The van der Waals surface area contributed by atoms with E-state index in [0.29, 0.717) is 16.8 Å². The molecule has 6 atom stereocenters. The first-order valence-corrected chi connectivity index (χ1v) is 17.2. The zero-order valence-corrected chi connectivity index (χ0v) is 29.7. The molecule has 0 spiro atoms. The Morgan fingerprint density at radius 1 is 0.878 bits per heavy atom. The average molecular weight is 817 g/mol. The van der Waals surface area contributed by atoms with E-state index >= 15 is 0 Å². The predicted octanol–water partition coefficient (Wildman–Crippen LogP) is 6.47. The molecule has 3 aromatic carbocycles. The Balaban J connectivity index is 1.37. The molecule has 0 radical (unpaired) electrons. The Hall–Kier alpha value is -3.94. The summed E-state index contributed by atoms with van der Waals surface area (Å²) in [4.78, 5) is 54.8. The summed E-state index contributed by atoms with van der Waals surface area (Å²) < 4.78 is 25.4. The van der Waals surface area contributed by atoms with Gasteiger partial charge in [-0.1, -0.05) is 23.8 Å². The Kier molecular flexibility index (Phi) is 8.31. The number of anilines is 2. The second-order valence-corrected chi connectivity index (χ2v) is 14.9. The fourth-order valence-corrected chi connectivity index (χ4v) is 8.96. The molecule has 4 amide bonds. The molecule has 3 aromatic rings. The lowest BCUT2D eigenvalue weighted by Gasteiger charge is -2.49. The zero-order chi connectivity index (χ0) is 35.0. The van der Waals surface area contributed by atoms with Gasteiger partial charge in [0.25, 0.3) is 11.8 Å². The van der Waals surface area contributed by atoms with Gasteiger partial charge >= 0.3 is 0 Å². The smallest absolute Gasteiger partial charge is 0.258 e. The molecular weight excluding hydrogens is 789 g/mol. The Labute approximate surface area is 304 Å². The van der Waals surface area contributed by atoms with Gasteiger partial charge in [0.2, 0.25) is 17.6 Å². The highest BCUT2D eigenvalue weighted by atomic mass is 127. The van der Waals surface area contributed by atoms with Crippen molar-refractivity contribution in [3.05, 3.63) is 93.3 Å². The zero-order valence-electron chi connectivity index (χ0n) is 26.0. The van der Waals surface area contributed by atoms with E-state index in [0.717, 1.165) is 20.6 Å². The fraction of sp³-hybridized carbons (Fsp3) is 0.278. The lowest BCUT2D eigenvalue weighted by Crippen LogP contribution is -2.60. The summed E-state index contributed by atoms with van der Waals surface area (Å²) in [6.07, 6.45) is 5.13. The number of hydrogen-bond donors (Lipinski definition) is 1. The van der Waals surface area contributed by atoms with Crippen LogP contribution in [0.4, 0.5) is 15.8 Å². The van der Waals surface area contributed by atoms with Gasteiger partial charge in [-0.2, -0.15) is 0 Å². The van der Waals surface area contributed by atoms with E-state index in [1.165, 1.54) is 31.3 Å². The lowest BCUT2D eigenvalue weighted by atomic mass is 9.57. The number of aromatic hydroxyl groups is 1. The van der Waals surface area contributed by atoms with Crippen molar-refractivity contribution in [2.24, 2.45) is 23.7 Å². The molecule has 3 fully saturated rings. The van der Waals surface area contributed by atoms with Crippen LogP contribution in [0.1, 0.15) is 18.4 Å². The number of benzene rings is 3. The van der Waals surface area contributed by atoms with Crippen molar-refractivity contribution in [1.82, 2.24) is 0 Å². The van der Waals surface area contributed by atoms with Crippen molar-refractivity contribution in [1.29, 1.82) is 0 Å². The summed E-state index contributed by atoms with van der Waals surface area (Å²) in [7, 11) is 2.78. The second-order valence-electron chi connectivity index (χ2n) is 12.4. The molecule has 1 saturated carbocycles. The van der Waals surface area contributed by atoms with Crippen molar-refractivity contribution in [3.8, 4) is 17.2 Å². The quantitative estimate of drug-likeness (QED) is 0.132. The summed E-state index contributed by atoms with van der Waals surface area (Å²) in [5.74, 6) is -6.21. The monoisotopic (exact) mass is 816 g/mol. The van der Waals surface area contributed by atoms with E-state index in [2.05, 4.69) is 22.6 Å². The maximum atomic E-state index is 14.4. The summed E-state index contributed by atoms with van der Waals surface area (Å²) in [5.41, 5.74) is 1.64. The molecular formula is C36H28Cl2FIN2O7. The summed E-state index contributed by atoms with van der Waals surface area (Å²) in [6, 6.07) is 15.0. The summed E-state index contributed by atoms with van der Waals surface area (Å²) in [6.45, 7) is 0. The number of carbonyl (C=O) groups is 4. The first-order valence-electron chi connectivity index (χ1n) is 15.3. The van der Waals surface area contributed by atoms with Crippen molar-refractivity contribution in [2.75, 3.05) is 24.0 Å². The van der Waals surface area contributed by atoms with Gasteiger partial charge < -0.3 is 14.6 Å². The van der Waals surface area contributed by atoms with Gasteiger partial charge in [-0.3, -0.25) is 24.1 Å². The Bertz CT molecular complexity index is 1960. The van der Waals surface area contributed by atoms with Crippen molar-refractivity contribution in [2.45, 2.75) is 22.6 Å². The van der Waals surface area contributed by atoms with Crippen LogP contribution in [0.15, 0.2) is 78.4 Å². The second kappa shape index (κ2) is 12.1. The number of allylic oxidation sites excluding steroid dienone is 3. The van der Waals surface area contributed by atoms with Gasteiger partial charge in [0.05, 0.1) is 37.4 Å². The standard InChI is InChI=1S/C36H28Cl2FIN2O7/c1-48-27-15-18(16-28(49-2)30(27)43)3-14-26-23-12-13-24-29(32(45)41(31(24)44)21-10-6-20(40)7-11-21)25(23)17-35(37)33(46)42(34(47)36(26,35)38)22-8-4-19(39)5-9-22/h3-12,14-16,24-26,29,43H,13,17H2,1-2H3. The number of amides is 4. The SMILES string of the molecule is COc1cc(C=CC2C3=CCC4C(=O)N(c5ccc(I)cc5)C(=O)C4C3CC3(Cl)C(=O)N(c4ccc(F)cc4)C(=O)C23Cl)cc(OC)c1O. The number of carbonyl (C=O) groups excluding carboxylic acids is 4. The molecule has 0 bridgehead atoms. The largest absolute Gasteiger partial charge is 0.502 e. The summed E-state index contributed by atoms with van der Waals surface area (Å²) >= 11 is 16.9.